The number of benzene rings is 1. The van der Waals surface area contributed by atoms with Crippen LogP contribution in [-0.4, -0.2) is 11.1 Å². The number of hydrogen-bond donors (Lipinski definition) is 1. The summed E-state index contributed by atoms with van der Waals surface area (Å²) >= 11 is 0. The molecule has 0 aliphatic heterocycles. The van der Waals surface area contributed by atoms with E-state index in [1.165, 1.54) is 29.5 Å². The van der Waals surface area contributed by atoms with E-state index < -0.39 is 0 Å². The average molecular weight is 232 g/mol. The van der Waals surface area contributed by atoms with Crippen LogP contribution in [0.3, 0.4) is 0 Å². The molecule has 0 radical (unpaired) electrons. The Labute approximate surface area is 100 Å². The van der Waals surface area contributed by atoms with Gasteiger partial charge in [-0.1, -0.05) is 0 Å². The maximum absolute atomic E-state index is 13.4. The Morgan fingerprint density at radius 1 is 1.24 bits per heavy atom. The highest BCUT2D eigenvalue weighted by Gasteiger charge is 2.19. The van der Waals surface area contributed by atoms with Crippen molar-refractivity contribution in [3.05, 3.63) is 35.3 Å². The second-order valence-corrected chi connectivity index (χ2v) is 4.73. The third kappa shape index (κ3) is 1.65. The summed E-state index contributed by atoms with van der Waals surface area (Å²) in [5.41, 5.74) is 9.48. The summed E-state index contributed by atoms with van der Waals surface area (Å²) < 4.78 is 15.6. The summed E-state index contributed by atoms with van der Waals surface area (Å²) in [5.74, 6) is -0.161. The van der Waals surface area contributed by atoms with Gasteiger partial charge >= 0.3 is 0 Å². The summed E-state index contributed by atoms with van der Waals surface area (Å²) in [6, 6.07) is 5.12. The van der Waals surface area contributed by atoms with Crippen molar-refractivity contribution in [2.75, 3.05) is 6.54 Å². The molecular weight excluding hydrogens is 215 g/mol. The number of rotatable bonds is 2. The molecule has 3 rings (SSSR count). The zero-order chi connectivity index (χ0) is 11.8. The first-order valence-corrected chi connectivity index (χ1v) is 6.31. The van der Waals surface area contributed by atoms with Gasteiger partial charge in [0.1, 0.15) is 5.82 Å². The number of aromatic nitrogens is 1. The number of halogens is 1. The molecule has 0 unspecified atom stereocenters. The van der Waals surface area contributed by atoms with E-state index >= 15 is 0 Å². The van der Waals surface area contributed by atoms with E-state index in [2.05, 4.69) is 4.57 Å². The highest BCUT2D eigenvalue weighted by atomic mass is 19.1. The second-order valence-electron chi connectivity index (χ2n) is 4.73. The molecule has 0 fully saturated rings. The lowest BCUT2D eigenvalue weighted by molar-refractivity contribution is 0.613. The smallest absolute Gasteiger partial charge is 0.125 e. The van der Waals surface area contributed by atoms with E-state index in [1.807, 2.05) is 6.07 Å². The SMILES string of the molecule is NCCn1c2c(c3ccc(F)cc31)CCCC2. The fourth-order valence-corrected chi connectivity index (χ4v) is 2.99. The summed E-state index contributed by atoms with van der Waals surface area (Å²) in [6.45, 7) is 1.39. The van der Waals surface area contributed by atoms with Crippen molar-refractivity contribution in [2.24, 2.45) is 5.73 Å². The third-order valence-corrected chi connectivity index (χ3v) is 3.69. The molecule has 2 N–H and O–H groups in total. The van der Waals surface area contributed by atoms with Gasteiger partial charge in [0.2, 0.25) is 0 Å². The normalized spacial score (nSPS) is 15.2. The Balaban J connectivity index is 2.29. The van der Waals surface area contributed by atoms with E-state index in [-0.39, 0.29) is 5.82 Å². The van der Waals surface area contributed by atoms with Crippen molar-refractivity contribution in [3.8, 4) is 0 Å². The molecule has 1 aromatic heterocycles. The standard InChI is InChI=1S/C14H17FN2/c15-10-5-6-12-11-3-1-2-4-13(11)17(8-7-16)14(12)9-10/h5-6,9H,1-4,7-8,16H2. The van der Waals surface area contributed by atoms with Gasteiger partial charge in [-0.3, -0.25) is 0 Å². The lowest BCUT2D eigenvalue weighted by Crippen LogP contribution is -2.14. The second kappa shape index (κ2) is 4.15. The van der Waals surface area contributed by atoms with Crippen LogP contribution >= 0.6 is 0 Å². The Morgan fingerprint density at radius 2 is 2.06 bits per heavy atom. The van der Waals surface area contributed by atoms with Crippen LogP contribution in [0.2, 0.25) is 0 Å². The van der Waals surface area contributed by atoms with Crippen molar-refractivity contribution in [1.82, 2.24) is 4.57 Å². The van der Waals surface area contributed by atoms with Gasteiger partial charge < -0.3 is 10.3 Å². The summed E-state index contributed by atoms with van der Waals surface area (Å²) in [7, 11) is 0. The molecule has 90 valence electrons. The van der Waals surface area contributed by atoms with E-state index in [0.717, 1.165) is 24.9 Å². The van der Waals surface area contributed by atoms with Gasteiger partial charge in [0.05, 0.1) is 5.52 Å². The van der Waals surface area contributed by atoms with Gasteiger partial charge in [-0.15, -0.1) is 0 Å². The first kappa shape index (κ1) is 10.8. The molecule has 1 heterocycles. The summed E-state index contributed by atoms with van der Waals surface area (Å²) in [4.78, 5) is 0. The summed E-state index contributed by atoms with van der Waals surface area (Å²) in [6.07, 6.45) is 4.70. The van der Waals surface area contributed by atoms with Gasteiger partial charge in [-0.2, -0.15) is 0 Å². The molecule has 2 nitrogen and oxygen atoms in total. The molecule has 0 amide bonds. The minimum absolute atomic E-state index is 0.161. The van der Waals surface area contributed by atoms with Crippen molar-refractivity contribution < 1.29 is 4.39 Å². The fraction of sp³-hybridized carbons (Fsp3) is 0.429. The molecule has 1 aromatic carbocycles. The Hall–Kier alpha value is -1.35. The Kier molecular flexibility index (Phi) is 2.63. The molecule has 0 atom stereocenters. The van der Waals surface area contributed by atoms with E-state index in [0.29, 0.717) is 6.54 Å². The first-order valence-electron chi connectivity index (χ1n) is 6.31. The van der Waals surface area contributed by atoms with Crippen LogP contribution in [-0.2, 0) is 19.4 Å². The number of hydrogen-bond acceptors (Lipinski definition) is 1. The van der Waals surface area contributed by atoms with Crippen molar-refractivity contribution >= 4 is 10.9 Å². The van der Waals surface area contributed by atoms with Crippen LogP contribution in [0, 0.1) is 5.82 Å². The minimum Gasteiger partial charge on any atom is -0.343 e. The van der Waals surface area contributed by atoms with Crippen LogP contribution in [0.5, 0.6) is 0 Å². The molecule has 0 saturated heterocycles. The lowest BCUT2D eigenvalue weighted by atomic mass is 9.95. The molecular formula is C14H17FN2. The van der Waals surface area contributed by atoms with Gasteiger partial charge in [-0.25, -0.2) is 4.39 Å². The molecule has 2 aromatic rings. The third-order valence-electron chi connectivity index (χ3n) is 3.69. The Morgan fingerprint density at radius 3 is 2.88 bits per heavy atom. The maximum atomic E-state index is 13.4. The van der Waals surface area contributed by atoms with Crippen molar-refractivity contribution in [1.29, 1.82) is 0 Å². The van der Waals surface area contributed by atoms with E-state index in [9.17, 15) is 4.39 Å². The molecule has 0 bridgehead atoms. The fourth-order valence-electron chi connectivity index (χ4n) is 2.99. The monoisotopic (exact) mass is 232 g/mol. The van der Waals surface area contributed by atoms with Gasteiger partial charge in [0, 0.05) is 24.2 Å². The number of aryl methyl sites for hydroxylation is 1. The quantitative estimate of drug-likeness (QED) is 0.847. The predicted molar refractivity (Wildman–Crippen MR) is 67.6 cm³/mol. The van der Waals surface area contributed by atoms with Gasteiger partial charge in [0.15, 0.2) is 0 Å². The van der Waals surface area contributed by atoms with Gasteiger partial charge in [0.25, 0.3) is 0 Å². The zero-order valence-electron chi connectivity index (χ0n) is 9.88. The average Bonchev–Trinajstić information content (AvgIpc) is 2.65. The number of nitrogens with two attached hydrogens (primary N) is 1. The molecule has 0 spiro atoms. The van der Waals surface area contributed by atoms with E-state index in [4.69, 9.17) is 5.73 Å². The van der Waals surface area contributed by atoms with Crippen LogP contribution < -0.4 is 5.73 Å². The van der Waals surface area contributed by atoms with Crippen LogP contribution in [0.4, 0.5) is 4.39 Å². The van der Waals surface area contributed by atoms with E-state index in [1.54, 1.807) is 12.1 Å². The highest BCUT2D eigenvalue weighted by Crippen LogP contribution is 2.32. The molecule has 1 aliphatic rings. The molecule has 1 aliphatic carbocycles. The number of nitrogens with zero attached hydrogens (tertiary/aromatic N) is 1. The van der Waals surface area contributed by atoms with Crippen LogP contribution in [0.1, 0.15) is 24.1 Å². The molecule has 3 heteroatoms. The lowest BCUT2D eigenvalue weighted by Gasteiger charge is -2.15. The maximum Gasteiger partial charge on any atom is 0.125 e. The Bertz CT molecular complexity index is 557. The van der Waals surface area contributed by atoms with Crippen molar-refractivity contribution in [3.63, 3.8) is 0 Å². The van der Waals surface area contributed by atoms with Crippen LogP contribution in [0.25, 0.3) is 10.9 Å². The van der Waals surface area contributed by atoms with Crippen LogP contribution in [0.15, 0.2) is 18.2 Å². The topological polar surface area (TPSA) is 30.9 Å². The molecule has 17 heavy (non-hydrogen) atoms. The largest absolute Gasteiger partial charge is 0.343 e. The highest BCUT2D eigenvalue weighted by molar-refractivity contribution is 5.86. The summed E-state index contributed by atoms with van der Waals surface area (Å²) in [5, 5.41) is 1.22. The predicted octanol–water partition coefficient (Wildman–Crippen LogP) is 2.62. The zero-order valence-corrected chi connectivity index (χ0v) is 9.88. The van der Waals surface area contributed by atoms with Crippen molar-refractivity contribution in [2.45, 2.75) is 32.2 Å². The first-order chi connectivity index (χ1) is 8.31. The molecule has 0 saturated carbocycles. The number of fused-ring (bicyclic) bond motifs is 3. The minimum atomic E-state index is -0.161. The van der Waals surface area contributed by atoms with Gasteiger partial charge in [-0.05, 0) is 49.4 Å².